The zero-order valence-electron chi connectivity index (χ0n) is 8.83. The first kappa shape index (κ1) is 10.9. The van der Waals surface area contributed by atoms with Crippen LogP contribution < -0.4 is 0 Å². The van der Waals surface area contributed by atoms with E-state index in [1.807, 2.05) is 6.92 Å². The fourth-order valence-electron chi connectivity index (χ4n) is 2.11. The maximum absolute atomic E-state index is 12.1. The lowest BCUT2D eigenvalue weighted by molar-refractivity contribution is -0.188. The molecular formula is C10H14BrNO3. The third-order valence-corrected chi connectivity index (χ3v) is 4.16. The van der Waals surface area contributed by atoms with Crippen molar-refractivity contribution in [2.24, 2.45) is 0 Å². The summed E-state index contributed by atoms with van der Waals surface area (Å²) in [6.07, 6.45) is 1.62. The molecule has 1 amide bonds. The van der Waals surface area contributed by atoms with Gasteiger partial charge in [0.2, 0.25) is 0 Å². The van der Waals surface area contributed by atoms with E-state index in [0.717, 1.165) is 12.8 Å². The van der Waals surface area contributed by atoms with Gasteiger partial charge >= 0.3 is 5.97 Å². The number of cyclic esters (lactones) is 1. The Kier molecular flexibility index (Phi) is 2.53. The van der Waals surface area contributed by atoms with Crippen LogP contribution in [0.2, 0.25) is 0 Å². The average molecular weight is 276 g/mol. The summed E-state index contributed by atoms with van der Waals surface area (Å²) in [7, 11) is 0. The quantitative estimate of drug-likeness (QED) is 0.532. The molecule has 2 rings (SSSR count). The van der Waals surface area contributed by atoms with Gasteiger partial charge in [-0.15, -0.1) is 0 Å². The summed E-state index contributed by atoms with van der Waals surface area (Å²) in [6.45, 7) is 4.16. The van der Waals surface area contributed by atoms with Crippen LogP contribution in [0.1, 0.15) is 26.7 Å². The molecule has 0 saturated carbocycles. The van der Waals surface area contributed by atoms with Crippen LogP contribution in [0.15, 0.2) is 0 Å². The van der Waals surface area contributed by atoms with Gasteiger partial charge in [0.05, 0.1) is 4.83 Å². The molecule has 2 heterocycles. The van der Waals surface area contributed by atoms with Gasteiger partial charge in [-0.2, -0.15) is 0 Å². The minimum Gasteiger partial charge on any atom is -0.446 e. The molecule has 2 aliphatic rings. The van der Waals surface area contributed by atoms with Crippen molar-refractivity contribution in [2.75, 3.05) is 6.54 Å². The number of alkyl halides is 1. The first-order valence-corrected chi connectivity index (χ1v) is 6.06. The fourth-order valence-corrected chi connectivity index (χ4v) is 2.40. The first-order chi connectivity index (χ1) is 6.97. The summed E-state index contributed by atoms with van der Waals surface area (Å²) in [5.74, 6) is -0.338. The zero-order chi connectivity index (χ0) is 11.2. The smallest absolute Gasteiger partial charge is 0.329 e. The van der Waals surface area contributed by atoms with Crippen LogP contribution in [0.25, 0.3) is 0 Å². The van der Waals surface area contributed by atoms with E-state index in [1.54, 1.807) is 11.8 Å². The van der Waals surface area contributed by atoms with Gasteiger partial charge in [0, 0.05) is 6.54 Å². The molecule has 0 spiro atoms. The fraction of sp³-hybridized carbons (Fsp3) is 0.800. The van der Waals surface area contributed by atoms with Crippen molar-refractivity contribution < 1.29 is 14.3 Å². The van der Waals surface area contributed by atoms with Gasteiger partial charge in [0.25, 0.3) is 5.91 Å². The average Bonchev–Trinajstić information content (AvgIpc) is 2.62. The van der Waals surface area contributed by atoms with E-state index in [9.17, 15) is 9.59 Å². The molecule has 0 N–H and O–H groups in total. The van der Waals surface area contributed by atoms with Crippen molar-refractivity contribution in [3.05, 3.63) is 0 Å². The van der Waals surface area contributed by atoms with Gasteiger partial charge in [0.15, 0.2) is 5.60 Å². The number of nitrogens with zero attached hydrogens (tertiary/aromatic N) is 1. The predicted octanol–water partition coefficient (Wildman–Crippen LogP) is 1.08. The molecule has 5 heteroatoms. The highest BCUT2D eigenvalue weighted by Gasteiger charge is 2.53. The molecular weight excluding hydrogens is 262 g/mol. The zero-order valence-corrected chi connectivity index (χ0v) is 10.4. The molecule has 2 aliphatic heterocycles. The minimum atomic E-state index is -1.04. The number of fused-ring (bicyclic) bond motifs is 1. The molecule has 4 nitrogen and oxygen atoms in total. The Morgan fingerprint density at radius 1 is 1.60 bits per heavy atom. The topological polar surface area (TPSA) is 46.6 Å². The molecule has 15 heavy (non-hydrogen) atoms. The highest BCUT2D eigenvalue weighted by Crippen LogP contribution is 2.34. The number of amides is 1. The van der Waals surface area contributed by atoms with E-state index in [1.165, 1.54) is 0 Å². The van der Waals surface area contributed by atoms with Crippen molar-refractivity contribution in [3.8, 4) is 0 Å². The maximum Gasteiger partial charge on any atom is 0.329 e. The Morgan fingerprint density at radius 2 is 2.27 bits per heavy atom. The third-order valence-electron chi connectivity index (χ3n) is 3.28. The van der Waals surface area contributed by atoms with Gasteiger partial charge in [-0.05, 0) is 26.7 Å². The third kappa shape index (κ3) is 1.48. The number of esters is 1. The molecule has 0 aliphatic carbocycles. The van der Waals surface area contributed by atoms with Gasteiger partial charge in [-0.1, -0.05) is 15.9 Å². The van der Waals surface area contributed by atoms with Crippen LogP contribution in [0.5, 0.6) is 0 Å². The van der Waals surface area contributed by atoms with E-state index >= 15 is 0 Å². The highest BCUT2D eigenvalue weighted by molar-refractivity contribution is 9.09. The summed E-state index contributed by atoms with van der Waals surface area (Å²) >= 11 is 3.33. The first-order valence-electron chi connectivity index (χ1n) is 5.15. The largest absolute Gasteiger partial charge is 0.446 e. The van der Waals surface area contributed by atoms with Crippen molar-refractivity contribution >= 4 is 27.8 Å². The second-order valence-electron chi connectivity index (χ2n) is 4.30. The second kappa shape index (κ2) is 3.47. The molecule has 0 aromatic heterocycles. The highest BCUT2D eigenvalue weighted by atomic mass is 79.9. The number of carbonyl (C=O) groups excluding carboxylic acids is 2. The van der Waals surface area contributed by atoms with E-state index < -0.39 is 5.60 Å². The van der Waals surface area contributed by atoms with Crippen molar-refractivity contribution in [3.63, 3.8) is 0 Å². The lowest BCUT2D eigenvalue weighted by Gasteiger charge is -2.41. The summed E-state index contributed by atoms with van der Waals surface area (Å²) in [5.41, 5.74) is -1.04. The van der Waals surface area contributed by atoms with Gasteiger partial charge in [-0.25, -0.2) is 4.79 Å². The van der Waals surface area contributed by atoms with Crippen LogP contribution >= 0.6 is 15.9 Å². The normalized spacial score (nSPS) is 37.5. The standard InChI is InChI=1S/C10H14BrNO3/c1-6(11)10(2)9(14)12-5-3-4-7(12)8(13)15-10/h6-7H,3-5H2,1-2H3/t6-,7+,10-/m0/s1. The molecule has 0 radical (unpaired) electrons. The number of ether oxygens (including phenoxy) is 1. The van der Waals surface area contributed by atoms with Crippen molar-refractivity contribution in [1.29, 1.82) is 0 Å². The Labute approximate surface area is 97.1 Å². The molecule has 84 valence electrons. The lowest BCUT2D eigenvalue weighted by Crippen LogP contribution is -2.62. The number of hydrogen-bond acceptors (Lipinski definition) is 3. The number of rotatable bonds is 1. The van der Waals surface area contributed by atoms with Crippen LogP contribution in [0, 0.1) is 0 Å². The summed E-state index contributed by atoms with van der Waals surface area (Å²) in [4.78, 5) is 25.3. The molecule has 3 atom stereocenters. The molecule has 0 bridgehead atoms. The molecule has 0 aromatic carbocycles. The summed E-state index contributed by atoms with van der Waals surface area (Å²) in [5, 5.41) is 0. The van der Waals surface area contributed by atoms with Crippen molar-refractivity contribution in [1.82, 2.24) is 4.90 Å². The Balaban J connectivity index is 2.32. The SMILES string of the molecule is C[C@H](Br)[C@]1(C)OC(=O)[C@H]2CCCN2C1=O. The van der Waals surface area contributed by atoms with E-state index in [4.69, 9.17) is 4.74 Å². The van der Waals surface area contributed by atoms with Gasteiger partial charge in [-0.3, -0.25) is 4.79 Å². The monoisotopic (exact) mass is 275 g/mol. The van der Waals surface area contributed by atoms with Crippen LogP contribution in [-0.2, 0) is 14.3 Å². The maximum atomic E-state index is 12.1. The summed E-state index contributed by atoms with van der Waals surface area (Å²) < 4.78 is 5.28. The number of morpholine rings is 1. The van der Waals surface area contributed by atoms with E-state index in [-0.39, 0.29) is 22.7 Å². The number of carbonyl (C=O) groups is 2. The van der Waals surface area contributed by atoms with E-state index in [0.29, 0.717) is 6.54 Å². The molecule has 0 unspecified atom stereocenters. The van der Waals surface area contributed by atoms with E-state index in [2.05, 4.69) is 15.9 Å². The minimum absolute atomic E-state index is 0.0750. The van der Waals surface area contributed by atoms with Crippen LogP contribution in [0.3, 0.4) is 0 Å². The van der Waals surface area contributed by atoms with Crippen molar-refractivity contribution in [2.45, 2.75) is 43.2 Å². The van der Waals surface area contributed by atoms with Crippen LogP contribution in [-0.4, -0.2) is 39.8 Å². The van der Waals surface area contributed by atoms with Gasteiger partial charge < -0.3 is 9.64 Å². The Bertz CT molecular complexity index is 318. The second-order valence-corrected chi connectivity index (χ2v) is 5.67. The molecule has 2 saturated heterocycles. The summed E-state index contributed by atoms with van der Waals surface area (Å²) in [6, 6.07) is -0.336. The molecule has 0 aromatic rings. The number of halogens is 1. The van der Waals surface area contributed by atoms with Gasteiger partial charge in [0.1, 0.15) is 6.04 Å². The number of hydrogen-bond donors (Lipinski definition) is 0. The Morgan fingerprint density at radius 3 is 2.87 bits per heavy atom. The van der Waals surface area contributed by atoms with Crippen LogP contribution in [0.4, 0.5) is 0 Å². The Hall–Kier alpha value is -0.580. The molecule has 2 fully saturated rings. The predicted molar refractivity (Wildman–Crippen MR) is 57.6 cm³/mol. The lowest BCUT2D eigenvalue weighted by atomic mass is 9.98.